The molecule has 0 aromatic rings. The lowest BCUT2D eigenvalue weighted by molar-refractivity contribution is -0.302. The van der Waals surface area contributed by atoms with Crippen molar-refractivity contribution in [2.24, 2.45) is 0 Å². The molecular formula is C67H109NO8. The first-order valence-corrected chi connectivity index (χ1v) is 30.1. The van der Waals surface area contributed by atoms with Crippen LogP contribution < -0.4 is 5.32 Å². The molecule has 7 atom stereocenters. The lowest BCUT2D eigenvalue weighted by Gasteiger charge is -2.40. The molecule has 1 rings (SSSR count). The highest BCUT2D eigenvalue weighted by Crippen LogP contribution is 2.23. The van der Waals surface area contributed by atoms with E-state index in [1.54, 1.807) is 6.08 Å². The van der Waals surface area contributed by atoms with E-state index >= 15 is 0 Å². The molecule has 7 unspecified atom stereocenters. The highest BCUT2D eigenvalue weighted by Gasteiger charge is 2.44. The van der Waals surface area contributed by atoms with E-state index in [9.17, 15) is 30.3 Å². The Morgan fingerprint density at radius 2 is 0.829 bits per heavy atom. The van der Waals surface area contributed by atoms with E-state index < -0.39 is 49.5 Å². The number of ether oxygens (including phenoxy) is 2. The summed E-state index contributed by atoms with van der Waals surface area (Å²) in [5.74, 6) is -0.208. The van der Waals surface area contributed by atoms with Gasteiger partial charge in [-0.3, -0.25) is 4.79 Å². The van der Waals surface area contributed by atoms with Crippen LogP contribution in [0.3, 0.4) is 0 Å². The molecule has 0 aliphatic carbocycles. The fourth-order valence-corrected chi connectivity index (χ4v) is 8.43. The number of nitrogens with one attached hydrogen (secondary N) is 1. The van der Waals surface area contributed by atoms with Gasteiger partial charge in [-0.25, -0.2) is 0 Å². The van der Waals surface area contributed by atoms with Crippen LogP contribution in [-0.2, 0) is 14.3 Å². The minimum Gasteiger partial charge on any atom is -0.394 e. The summed E-state index contributed by atoms with van der Waals surface area (Å²) in [6.45, 7) is 3.62. The average molecular weight is 1060 g/mol. The molecule has 6 N–H and O–H groups in total. The smallest absolute Gasteiger partial charge is 0.220 e. The Labute approximate surface area is 463 Å². The number of unbranched alkanes of at least 4 members (excludes halogenated alkanes) is 17. The summed E-state index contributed by atoms with van der Waals surface area (Å²) < 4.78 is 11.2. The van der Waals surface area contributed by atoms with Crippen LogP contribution in [0.25, 0.3) is 0 Å². The van der Waals surface area contributed by atoms with Gasteiger partial charge in [0.1, 0.15) is 24.4 Å². The third-order valence-corrected chi connectivity index (χ3v) is 13.1. The number of aliphatic hydroxyl groups is 5. The van der Waals surface area contributed by atoms with Crippen molar-refractivity contribution < 1.29 is 39.8 Å². The van der Waals surface area contributed by atoms with Crippen molar-refractivity contribution in [1.82, 2.24) is 5.32 Å². The Morgan fingerprint density at radius 3 is 1.26 bits per heavy atom. The summed E-state index contributed by atoms with van der Waals surface area (Å²) in [6.07, 6.45) is 77.7. The van der Waals surface area contributed by atoms with Gasteiger partial charge in [-0.1, -0.05) is 243 Å². The molecule has 9 nitrogen and oxygen atoms in total. The third-order valence-electron chi connectivity index (χ3n) is 13.1. The van der Waals surface area contributed by atoms with E-state index in [-0.39, 0.29) is 12.5 Å². The zero-order valence-electron chi connectivity index (χ0n) is 47.7. The minimum absolute atomic E-state index is 0.208. The maximum atomic E-state index is 13.1. The molecule has 1 heterocycles. The highest BCUT2D eigenvalue weighted by molar-refractivity contribution is 5.76. The van der Waals surface area contributed by atoms with Crippen molar-refractivity contribution in [3.8, 4) is 0 Å². The standard InChI is InChI=1S/C67H109NO8/c1-3-5-7-9-11-13-15-17-19-21-22-23-24-25-26-27-28-29-30-31-32-33-34-35-36-37-38-39-40-41-43-45-47-49-51-53-55-57-63(71)68-60(59-75-67-66(74)65(73)64(72)62(58-69)76-67)61(70)56-54-52-50-48-46-44-42-20-18-16-14-12-10-8-6-4-2/h5,7,11,13,17,19,22-23,25-26,28-29,31-32,34-35,37-38,40-41,46,48,54,56,60-62,64-67,69-70,72-74H,3-4,6,8-10,12,14-16,18,20-21,24,27,30,33,36,39,42-45,47,49-53,55,57-59H2,1-2H3,(H,68,71)/b7-5-,13-11-,19-17-,23-22-,26-25-,29-28-,32-31-,35-34-,38-37-,41-40-,48-46+,56-54+. The molecular weight excluding hydrogens is 947 g/mol. The molecule has 76 heavy (non-hydrogen) atoms. The highest BCUT2D eigenvalue weighted by atomic mass is 16.7. The van der Waals surface area contributed by atoms with Crippen LogP contribution >= 0.6 is 0 Å². The Balaban J connectivity index is 2.22. The normalized spacial score (nSPS) is 19.9. The van der Waals surface area contributed by atoms with E-state index in [4.69, 9.17) is 9.47 Å². The van der Waals surface area contributed by atoms with Crippen molar-refractivity contribution in [2.45, 2.75) is 256 Å². The van der Waals surface area contributed by atoms with Crippen LogP contribution in [0.15, 0.2) is 146 Å². The quantitative estimate of drug-likeness (QED) is 0.0261. The van der Waals surface area contributed by atoms with Gasteiger partial charge in [-0.2, -0.15) is 0 Å². The van der Waals surface area contributed by atoms with Crippen molar-refractivity contribution in [2.75, 3.05) is 13.2 Å². The summed E-state index contributed by atoms with van der Waals surface area (Å²) in [4.78, 5) is 13.1. The van der Waals surface area contributed by atoms with E-state index in [1.165, 1.54) is 64.2 Å². The molecule has 1 aliphatic rings. The van der Waals surface area contributed by atoms with Crippen LogP contribution in [0.4, 0.5) is 0 Å². The van der Waals surface area contributed by atoms with E-state index in [1.807, 2.05) is 6.08 Å². The zero-order chi connectivity index (χ0) is 55.0. The van der Waals surface area contributed by atoms with Gasteiger partial charge >= 0.3 is 0 Å². The second kappa shape index (κ2) is 54.4. The van der Waals surface area contributed by atoms with Gasteiger partial charge in [-0.15, -0.1) is 0 Å². The van der Waals surface area contributed by atoms with E-state index in [2.05, 4.69) is 153 Å². The van der Waals surface area contributed by atoms with Gasteiger partial charge in [0.05, 0.1) is 25.4 Å². The van der Waals surface area contributed by atoms with Crippen LogP contribution in [0.2, 0.25) is 0 Å². The van der Waals surface area contributed by atoms with Gasteiger partial charge < -0.3 is 40.3 Å². The Morgan fingerprint density at radius 1 is 0.461 bits per heavy atom. The van der Waals surface area contributed by atoms with Crippen LogP contribution in [-0.4, -0.2) is 87.5 Å². The molecule has 0 aromatic heterocycles. The number of rotatable bonds is 49. The molecule has 1 fully saturated rings. The van der Waals surface area contributed by atoms with Crippen LogP contribution in [0, 0.1) is 0 Å². The molecule has 0 aromatic carbocycles. The second-order valence-corrected chi connectivity index (χ2v) is 20.0. The summed E-state index contributed by atoms with van der Waals surface area (Å²) in [5.41, 5.74) is 0. The van der Waals surface area contributed by atoms with Crippen molar-refractivity contribution in [3.63, 3.8) is 0 Å². The lowest BCUT2D eigenvalue weighted by Crippen LogP contribution is -2.60. The summed E-state index contributed by atoms with van der Waals surface area (Å²) in [6, 6.07) is -0.841. The second-order valence-electron chi connectivity index (χ2n) is 20.0. The fraction of sp³-hybridized carbons (Fsp3) is 0.627. The molecule has 0 radical (unpaired) electrons. The van der Waals surface area contributed by atoms with Crippen LogP contribution in [0.1, 0.15) is 213 Å². The minimum atomic E-state index is -1.58. The van der Waals surface area contributed by atoms with Gasteiger partial charge in [-0.05, 0) is 109 Å². The first-order valence-electron chi connectivity index (χ1n) is 30.1. The van der Waals surface area contributed by atoms with Gasteiger partial charge in [0.15, 0.2) is 6.29 Å². The molecule has 1 saturated heterocycles. The van der Waals surface area contributed by atoms with Gasteiger partial charge in [0.2, 0.25) is 5.91 Å². The van der Waals surface area contributed by atoms with E-state index in [0.29, 0.717) is 6.42 Å². The number of allylic oxidation sites excluding steroid dienone is 23. The largest absolute Gasteiger partial charge is 0.394 e. The topological polar surface area (TPSA) is 149 Å². The number of aliphatic hydroxyl groups excluding tert-OH is 5. The maximum Gasteiger partial charge on any atom is 0.220 e. The fourth-order valence-electron chi connectivity index (χ4n) is 8.43. The SMILES string of the molecule is CC/C=C\C/C=C\C/C=C\C/C=C\C/C=C\C/C=C\C/C=C\C/C=C\C/C=C\C/C=C\CCCCCCCCC(=O)NC(COC1OC(CO)C(O)C(O)C1O)C(O)/C=C/CC/C=C/CCCCCCCCCCCC. The molecule has 0 spiro atoms. The average Bonchev–Trinajstić information content (AvgIpc) is 3.42. The summed E-state index contributed by atoms with van der Waals surface area (Å²) in [7, 11) is 0. The van der Waals surface area contributed by atoms with Crippen LogP contribution in [0.5, 0.6) is 0 Å². The molecule has 430 valence electrons. The molecule has 0 bridgehead atoms. The predicted molar refractivity (Wildman–Crippen MR) is 322 cm³/mol. The number of carbonyl (C=O) groups is 1. The number of carbonyl (C=O) groups excluding carboxylic acids is 1. The molecule has 1 aliphatic heterocycles. The van der Waals surface area contributed by atoms with Crippen molar-refractivity contribution in [1.29, 1.82) is 0 Å². The zero-order valence-corrected chi connectivity index (χ0v) is 47.7. The first-order chi connectivity index (χ1) is 37.3. The Kier molecular flexibility index (Phi) is 50.2. The summed E-state index contributed by atoms with van der Waals surface area (Å²) in [5, 5.41) is 54.4. The number of hydrogen-bond donors (Lipinski definition) is 6. The summed E-state index contributed by atoms with van der Waals surface area (Å²) >= 11 is 0. The van der Waals surface area contributed by atoms with Gasteiger partial charge in [0, 0.05) is 6.42 Å². The Bertz CT molecular complexity index is 1700. The van der Waals surface area contributed by atoms with Crippen molar-refractivity contribution in [3.05, 3.63) is 146 Å². The number of hydrogen-bond acceptors (Lipinski definition) is 8. The Hall–Kier alpha value is -3.93. The molecule has 9 heteroatoms. The van der Waals surface area contributed by atoms with E-state index in [0.717, 1.165) is 128 Å². The number of amides is 1. The van der Waals surface area contributed by atoms with Gasteiger partial charge in [0.25, 0.3) is 0 Å². The maximum absolute atomic E-state index is 13.1. The van der Waals surface area contributed by atoms with Crippen molar-refractivity contribution >= 4 is 5.91 Å². The third kappa shape index (κ3) is 43.1. The lowest BCUT2D eigenvalue weighted by atomic mass is 9.99. The molecule has 0 saturated carbocycles. The monoisotopic (exact) mass is 1060 g/mol. The molecule has 1 amide bonds. The first kappa shape index (κ1) is 70.1. The predicted octanol–water partition coefficient (Wildman–Crippen LogP) is 15.5.